The summed E-state index contributed by atoms with van der Waals surface area (Å²) in [7, 11) is 0. The van der Waals surface area contributed by atoms with Gasteiger partial charge in [-0.25, -0.2) is 9.37 Å². The van der Waals surface area contributed by atoms with E-state index >= 15 is 0 Å². The number of anilines is 1. The number of nitrogens with one attached hydrogen (secondary N) is 3. The molecule has 1 amide bonds. The lowest BCUT2D eigenvalue weighted by Crippen LogP contribution is -2.44. The number of hydrogen-bond donors (Lipinski definition) is 3. The Labute approximate surface area is 150 Å². The Bertz CT molecular complexity index is 863. The number of carbonyl (C=O) groups is 1. The highest BCUT2D eigenvalue weighted by atomic mass is 32.1. The Kier molecular flexibility index (Phi) is 5.14. The van der Waals surface area contributed by atoms with E-state index in [4.69, 9.17) is 12.2 Å². The van der Waals surface area contributed by atoms with Crippen LogP contribution in [0.15, 0.2) is 47.2 Å². The summed E-state index contributed by atoms with van der Waals surface area (Å²) in [4.78, 5) is 17.3. The van der Waals surface area contributed by atoms with Gasteiger partial charge >= 0.3 is 0 Å². The fourth-order valence-corrected chi connectivity index (χ4v) is 3.56. The number of thiophene rings is 1. The highest BCUT2D eigenvalue weighted by Crippen LogP contribution is 2.27. The molecule has 0 atom stereocenters. The number of thiazole rings is 1. The number of benzene rings is 1. The number of hydrazine groups is 1. The van der Waals surface area contributed by atoms with Gasteiger partial charge in [0.15, 0.2) is 5.11 Å². The van der Waals surface area contributed by atoms with Crippen molar-refractivity contribution in [3.8, 4) is 9.88 Å². The first-order chi connectivity index (χ1) is 11.6. The number of aromatic nitrogens is 1. The minimum atomic E-state index is -0.437. The van der Waals surface area contributed by atoms with Gasteiger partial charge in [-0.2, -0.15) is 0 Å². The topological polar surface area (TPSA) is 66.1 Å². The van der Waals surface area contributed by atoms with Crippen LogP contribution in [0.25, 0.3) is 9.88 Å². The smallest absolute Gasteiger partial charge is 0.289 e. The number of halogens is 1. The van der Waals surface area contributed by atoms with Gasteiger partial charge in [-0.1, -0.05) is 18.2 Å². The molecule has 3 aromatic rings. The summed E-state index contributed by atoms with van der Waals surface area (Å²) in [6, 6.07) is 9.97. The predicted octanol–water partition coefficient (Wildman–Crippen LogP) is 3.64. The maximum atomic E-state index is 13.5. The normalized spacial score (nSPS) is 10.2. The zero-order chi connectivity index (χ0) is 16.9. The zero-order valence-corrected chi connectivity index (χ0v) is 14.5. The minimum Gasteiger partial charge on any atom is -0.329 e. The van der Waals surface area contributed by atoms with Gasteiger partial charge in [0, 0.05) is 5.38 Å². The van der Waals surface area contributed by atoms with Crippen LogP contribution in [0.4, 0.5) is 10.1 Å². The van der Waals surface area contributed by atoms with Crippen LogP contribution in [0.5, 0.6) is 0 Å². The summed E-state index contributed by atoms with van der Waals surface area (Å²) in [5.74, 6) is -0.861. The van der Waals surface area contributed by atoms with Crippen molar-refractivity contribution in [1.29, 1.82) is 0 Å². The number of para-hydroxylation sites is 1. The Morgan fingerprint density at radius 3 is 2.71 bits per heavy atom. The molecule has 0 fully saturated rings. The van der Waals surface area contributed by atoms with Gasteiger partial charge in [0.05, 0.1) is 10.6 Å². The van der Waals surface area contributed by atoms with Crippen LogP contribution in [0.3, 0.4) is 0 Å². The average molecular weight is 378 g/mol. The summed E-state index contributed by atoms with van der Waals surface area (Å²) < 4.78 is 13.5. The lowest BCUT2D eigenvalue weighted by Gasteiger charge is -2.11. The first-order valence-corrected chi connectivity index (χ1v) is 8.91. The summed E-state index contributed by atoms with van der Waals surface area (Å²) in [6.07, 6.45) is 0. The van der Waals surface area contributed by atoms with Crippen LogP contribution in [0.2, 0.25) is 0 Å². The van der Waals surface area contributed by atoms with Crippen molar-refractivity contribution in [2.24, 2.45) is 0 Å². The average Bonchev–Trinajstić information content (AvgIpc) is 3.25. The maximum absolute atomic E-state index is 13.5. The van der Waals surface area contributed by atoms with Gasteiger partial charge in [-0.05, 0) is 35.8 Å². The van der Waals surface area contributed by atoms with Crippen LogP contribution in [-0.2, 0) is 0 Å². The third-order valence-electron chi connectivity index (χ3n) is 2.88. The molecule has 3 N–H and O–H groups in total. The second kappa shape index (κ2) is 7.47. The molecule has 3 rings (SSSR count). The number of rotatable bonds is 3. The molecule has 0 bridgehead atoms. The van der Waals surface area contributed by atoms with E-state index < -0.39 is 11.7 Å². The number of carbonyl (C=O) groups excluding carboxylic acids is 1. The summed E-state index contributed by atoms with van der Waals surface area (Å²) >= 11 is 7.96. The van der Waals surface area contributed by atoms with E-state index in [2.05, 4.69) is 21.2 Å². The molecule has 2 heterocycles. The van der Waals surface area contributed by atoms with Crippen molar-refractivity contribution in [3.05, 3.63) is 58.7 Å². The molecule has 122 valence electrons. The van der Waals surface area contributed by atoms with E-state index in [9.17, 15) is 9.18 Å². The number of amides is 1. The molecular weight excluding hydrogens is 367 g/mol. The van der Waals surface area contributed by atoms with Crippen molar-refractivity contribution < 1.29 is 9.18 Å². The second-order valence-electron chi connectivity index (χ2n) is 4.53. The summed E-state index contributed by atoms with van der Waals surface area (Å²) in [5.41, 5.74) is 5.45. The summed E-state index contributed by atoms with van der Waals surface area (Å²) in [5, 5.41) is 7.13. The SMILES string of the molecule is O=C(NNC(=S)Nc1ccccc1F)c1csc(-c2cccs2)n1. The quantitative estimate of drug-likeness (QED) is 0.480. The lowest BCUT2D eigenvalue weighted by molar-refractivity contribution is 0.0940. The molecule has 9 heteroatoms. The first-order valence-electron chi connectivity index (χ1n) is 6.75. The van der Waals surface area contributed by atoms with E-state index in [1.165, 1.54) is 17.4 Å². The molecule has 2 aromatic heterocycles. The molecule has 24 heavy (non-hydrogen) atoms. The first kappa shape index (κ1) is 16.5. The number of thiocarbonyl (C=S) groups is 1. The Morgan fingerprint density at radius 2 is 1.96 bits per heavy atom. The standard InChI is InChI=1S/C15H11FN4OS3/c16-9-4-1-2-5-10(9)18-15(22)20-19-13(21)11-8-24-14(17-11)12-6-3-7-23-12/h1-8H,(H,19,21)(H2,18,20,22). The molecule has 0 spiro atoms. The van der Waals surface area contributed by atoms with Crippen LogP contribution in [-0.4, -0.2) is 16.0 Å². The van der Waals surface area contributed by atoms with Crippen molar-refractivity contribution >= 4 is 51.6 Å². The van der Waals surface area contributed by atoms with Crippen LogP contribution < -0.4 is 16.2 Å². The molecular formula is C15H11FN4OS3. The highest BCUT2D eigenvalue weighted by Gasteiger charge is 2.12. The van der Waals surface area contributed by atoms with Gasteiger partial charge in [0.2, 0.25) is 0 Å². The monoisotopic (exact) mass is 378 g/mol. The molecule has 5 nitrogen and oxygen atoms in total. The fraction of sp³-hybridized carbons (Fsp3) is 0. The van der Waals surface area contributed by atoms with Gasteiger partial charge < -0.3 is 5.32 Å². The van der Waals surface area contributed by atoms with Gasteiger partial charge in [0.1, 0.15) is 16.5 Å². The Hall–Kier alpha value is -2.36. The Morgan fingerprint density at radius 1 is 1.12 bits per heavy atom. The van der Waals surface area contributed by atoms with E-state index in [1.54, 1.807) is 34.9 Å². The third-order valence-corrected chi connectivity index (χ3v) is 4.97. The molecule has 0 radical (unpaired) electrons. The third kappa shape index (κ3) is 3.94. The van der Waals surface area contributed by atoms with Crippen molar-refractivity contribution in [2.45, 2.75) is 0 Å². The number of nitrogens with zero attached hydrogens (tertiary/aromatic N) is 1. The molecule has 0 saturated carbocycles. The van der Waals surface area contributed by atoms with Gasteiger partial charge in [-0.3, -0.25) is 15.6 Å². The second-order valence-corrected chi connectivity index (χ2v) is 6.74. The van der Waals surface area contributed by atoms with E-state index in [0.29, 0.717) is 0 Å². The molecule has 0 aliphatic carbocycles. The molecule has 1 aromatic carbocycles. The van der Waals surface area contributed by atoms with Gasteiger partial charge in [0.25, 0.3) is 5.91 Å². The predicted molar refractivity (Wildman–Crippen MR) is 98.6 cm³/mol. The van der Waals surface area contributed by atoms with Gasteiger partial charge in [-0.15, -0.1) is 22.7 Å². The zero-order valence-electron chi connectivity index (χ0n) is 12.1. The maximum Gasteiger partial charge on any atom is 0.289 e. The molecule has 0 unspecified atom stereocenters. The van der Waals surface area contributed by atoms with E-state index in [0.717, 1.165) is 9.88 Å². The number of hydrogen-bond acceptors (Lipinski definition) is 5. The van der Waals surface area contributed by atoms with E-state index in [1.807, 2.05) is 17.5 Å². The fourth-order valence-electron chi connectivity index (χ4n) is 1.79. The van der Waals surface area contributed by atoms with Crippen LogP contribution in [0.1, 0.15) is 10.5 Å². The van der Waals surface area contributed by atoms with Crippen LogP contribution >= 0.6 is 34.9 Å². The van der Waals surface area contributed by atoms with Crippen molar-refractivity contribution in [1.82, 2.24) is 15.8 Å². The summed E-state index contributed by atoms with van der Waals surface area (Å²) in [6.45, 7) is 0. The Balaban J connectivity index is 1.56. The largest absolute Gasteiger partial charge is 0.329 e. The molecule has 0 aliphatic rings. The highest BCUT2D eigenvalue weighted by molar-refractivity contribution is 7.80. The van der Waals surface area contributed by atoms with E-state index in [-0.39, 0.29) is 16.5 Å². The molecule has 0 aliphatic heterocycles. The molecule has 0 saturated heterocycles. The van der Waals surface area contributed by atoms with Crippen LogP contribution in [0, 0.1) is 5.82 Å². The lowest BCUT2D eigenvalue weighted by atomic mass is 10.3. The minimum absolute atomic E-state index is 0.0714. The van der Waals surface area contributed by atoms with Crippen molar-refractivity contribution in [3.63, 3.8) is 0 Å². The van der Waals surface area contributed by atoms with Crippen molar-refractivity contribution in [2.75, 3.05) is 5.32 Å².